The maximum Gasteiger partial charge on any atom is 0.242 e. The third kappa shape index (κ3) is 2.43. The molecule has 3 nitrogen and oxygen atoms in total. The van der Waals surface area contributed by atoms with Crippen molar-refractivity contribution in [1.29, 1.82) is 0 Å². The van der Waals surface area contributed by atoms with Gasteiger partial charge in [0.25, 0.3) is 0 Å². The normalized spacial score (nSPS) is 11.6. The van der Waals surface area contributed by atoms with E-state index in [4.69, 9.17) is 11.6 Å². The van der Waals surface area contributed by atoms with Crippen LogP contribution in [0.15, 0.2) is 36.7 Å². The summed E-state index contributed by atoms with van der Waals surface area (Å²) >= 11 is 6.21. The quantitative estimate of drug-likeness (QED) is 0.856. The van der Waals surface area contributed by atoms with Crippen LogP contribution in [-0.2, 0) is 11.8 Å². The van der Waals surface area contributed by atoms with Gasteiger partial charge in [-0.05, 0) is 25.5 Å². The minimum absolute atomic E-state index is 0.0186. The Morgan fingerprint density at radius 1 is 1.37 bits per heavy atom. The summed E-state index contributed by atoms with van der Waals surface area (Å²) in [4.78, 5) is 16.9. The highest BCUT2D eigenvalue weighted by atomic mass is 35.5. The summed E-state index contributed by atoms with van der Waals surface area (Å²) in [6, 6.07) is 7.45. The van der Waals surface area contributed by atoms with E-state index in [0.717, 1.165) is 17.8 Å². The molecule has 0 N–H and O–H groups in total. The molecule has 1 aromatic carbocycles. The first-order valence-corrected chi connectivity index (χ1v) is 6.68. The Morgan fingerprint density at radius 3 is 2.68 bits per heavy atom. The molecule has 19 heavy (non-hydrogen) atoms. The third-order valence-corrected chi connectivity index (χ3v) is 3.66. The van der Waals surface area contributed by atoms with E-state index in [1.54, 1.807) is 23.0 Å². The highest BCUT2D eigenvalue weighted by molar-refractivity contribution is 6.31. The Labute approximate surface area is 118 Å². The van der Waals surface area contributed by atoms with Gasteiger partial charge in [0.05, 0.1) is 5.41 Å². The van der Waals surface area contributed by atoms with Crippen LogP contribution in [0.4, 0.5) is 0 Å². The van der Waals surface area contributed by atoms with Gasteiger partial charge in [0.1, 0.15) is 5.82 Å². The van der Waals surface area contributed by atoms with Crippen molar-refractivity contribution in [2.24, 2.45) is 0 Å². The summed E-state index contributed by atoms with van der Waals surface area (Å²) in [6.07, 6.45) is 4.08. The predicted molar refractivity (Wildman–Crippen MR) is 76.7 cm³/mol. The highest BCUT2D eigenvalue weighted by Gasteiger charge is 2.33. The number of hydrogen-bond acceptors (Lipinski definition) is 2. The molecule has 0 spiro atoms. The minimum atomic E-state index is -0.692. The lowest BCUT2D eigenvalue weighted by Crippen LogP contribution is -2.34. The smallest absolute Gasteiger partial charge is 0.242 e. The van der Waals surface area contributed by atoms with Gasteiger partial charge in [-0.1, -0.05) is 36.7 Å². The first-order chi connectivity index (χ1) is 8.98. The van der Waals surface area contributed by atoms with Gasteiger partial charge in [0, 0.05) is 23.8 Å². The summed E-state index contributed by atoms with van der Waals surface area (Å²) in [5.74, 6) is 0.750. The van der Waals surface area contributed by atoms with Crippen LogP contribution in [0.25, 0.3) is 0 Å². The van der Waals surface area contributed by atoms with Crippen molar-refractivity contribution < 1.29 is 4.79 Å². The molecule has 0 bridgehead atoms. The number of rotatable bonds is 3. The van der Waals surface area contributed by atoms with Gasteiger partial charge >= 0.3 is 0 Å². The molecule has 0 radical (unpaired) electrons. The van der Waals surface area contributed by atoms with Gasteiger partial charge in [-0.2, -0.15) is 0 Å². The molecule has 0 aliphatic carbocycles. The number of carbonyl (C=O) groups excluding carboxylic acids is 1. The number of imidazole rings is 1. The van der Waals surface area contributed by atoms with Gasteiger partial charge in [-0.3, -0.25) is 9.36 Å². The lowest BCUT2D eigenvalue weighted by Gasteiger charge is -2.25. The molecule has 4 heteroatoms. The first kappa shape index (κ1) is 13.8. The summed E-state index contributed by atoms with van der Waals surface area (Å²) in [6.45, 7) is 5.75. The molecule has 2 rings (SSSR count). The maximum atomic E-state index is 12.7. The van der Waals surface area contributed by atoms with E-state index in [1.165, 1.54) is 0 Å². The predicted octanol–water partition coefficient (Wildman–Crippen LogP) is 3.72. The topological polar surface area (TPSA) is 34.9 Å². The van der Waals surface area contributed by atoms with Crippen LogP contribution in [0.3, 0.4) is 0 Å². The number of benzene rings is 1. The Kier molecular flexibility index (Phi) is 3.76. The minimum Gasteiger partial charge on any atom is -0.273 e. The van der Waals surface area contributed by atoms with Crippen molar-refractivity contribution in [1.82, 2.24) is 9.55 Å². The van der Waals surface area contributed by atoms with Crippen molar-refractivity contribution in [3.8, 4) is 0 Å². The number of halogens is 1. The monoisotopic (exact) mass is 276 g/mol. The van der Waals surface area contributed by atoms with E-state index >= 15 is 0 Å². The van der Waals surface area contributed by atoms with Crippen LogP contribution in [0.1, 0.15) is 37.0 Å². The Bertz CT molecular complexity index is 602. The third-order valence-electron chi connectivity index (χ3n) is 3.33. The number of aryl methyl sites for hydroxylation is 1. The maximum absolute atomic E-state index is 12.7. The number of aromatic nitrogens is 2. The van der Waals surface area contributed by atoms with Crippen LogP contribution >= 0.6 is 11.6 Å². The largest absolute Gasteiger partial charge is 0.273 e. The molecule has 0 aliphatic rings. The lowest BCUT2D eigenvalue weighted by atomic mass is 9.83. The Hall–Kier alpha value is -1.61. The van der Waals surface area contributed by atoms with Crippen molar-refractivity contribution in [2.45, 2.75) is 32.6 Å². The van der Waals surface area contributed by atoms with Gasteiger partial charge in [-0.25, -0.2) is 4.98 Å². The van der Waals surface area contributed by atoms with Gasteiger partial charge in [0.2, 0.25) is 5.91 Å². The van der Waals surface area contributed by atoms with E-state index < -0.39 is 5.41 Å². The van der Waals surface area contributed by atoms with Crippen LogP contribution in [0.2, 0.25) is 5.02 Å². The molecular formula is C15H17ClN2O. The van der Waals surface area contributed by atoms with Gasteiger partial charge in [0.15, 0.2) is 0 Å². The summed E-state index contributed by atoms with van der Waals surface area (Å²) < 4.78 is 1.61. The molecular weight excluding hydrogens is 260 g/mol. The fraction of sp³-hybridized carbons (Fsp3) is 0.333. The van der Waals surface area contributed by atoms with E-state index in [2.05, 4.69) is 4.98 Å². The first-order valence-electron chi connectivity index (χ1n) is 6.30. The van der Waals surface area contributed by atoms with E-state index in [9.17, 15) is 4.79 Å². The second-order valence-electron chi connectivity index (χ2n) is 4.98. The zero-order chi connectivity index (χ0) is 14.0. The molecule has 0 saturated carbocycles. The zero-order valence-corrected chi connectivity index (χ0v) is 12.1. The second kappa shape index (κ2) is 5.17. The van der Waals surface area contributed by atoms with E-state index in [0.29, 0.717) is 5.02 Å². The average molecular weight is 277 g/mol. The zero-order valence-electron chi connectivity index (χ0n) is 11.4. The van der Waals surface area contributed by atoms with Crippen molar-refractivity contribution in [3.63, 3.8) is 0 Å². The highest BCUT2D eigenvalue weighted by Crippen LogP contribution is 2.31. The molecule has 0 unspecified atom stereocenters. The summed E-state index contributed by atoms with van der Waals surface area (Å²) in [5, 5.41) is 0.610. The van der Waals surface area contributed by atoms with Gasteiger partial charge in [-0.15, -0.1) is 0 Å². The van der Waals surface area contributed by atoms with Gasteiger partial charge < -0.3 is 0 Å². The Balaban J connectivity index is 2.45. The number of hydrogen-bond donors (Lipinski definition) is 0. The SMILES string of the molecule is CCc1nccn1C(=O)C(C)(C)c1ccccc1Cl. The fourth-order valence-corrected chi connectivity index (χ4v) is 2.54. The molecule has 0 amide bonds. The number of nitrogens with zero attached hydrogens (tertiary/aromatic N) is 2. The van der Waals surface area contributed by atoms with E-state index in [-0.39, 0.29) is 5.91 Å². The fourth-order valence-electron chi connectivity index (χ4n) is 2.17. The molecule has 0 fully saturated rings. The van der Waals surface area contributed by atoms with Crippen molar-refractivity contribution >= 4 is 17.5 Å². The summed E-state index contributed by atoms with van der Waals surface area (Å²) in [5.41, 5.74) is 0.139. The second-order valence-corrected chi connectivity index (χ2v) is 5.38. The number of carbonyl (C=O) groups is 1. The standard InChI is InChI=1S/C15H17ClN2O/c1-4-13-17-9-10-18(13)14(19)15(2,3)11-7-5-6-8-12(11)16/h5-10H,4H2,1-3H3. The molecule has 1 heterocycles. The molecule has 0 aliphatic heterocycles. The Morgan fingerprint density at radius 2 is 2.05 bits per heavy atom. The molecule has 0 atom stereocenters. The van der Waals surface area contributed by atoms with Crippen LogP contribution in [-0.4, -0.2) is 15.5 Å². The molecule has 0 saturated heterocycles. The van der Waals surface area contributed by atoms with Crippen molar-refractivity contribution in [3.05, 3.63) is 53.1 Å². The van der Waals surface area contributed by atoms with Crippen LogP contribution in [0.5, 0.6) is 0 Å². The molecule has 2 aromatic rings. The summed E-state index contributed by atoms with van der Waals surface area (Å²) in [7, 11) is 0. The molecule has 100 valence electrons. The van der Waals surface area contributed by atoms with Crippen molar-refractivity contribution in [2.75, 3.05) is 0 Å². The molecule has 1 aromatic heterocycles. The lowest BCUT2D eigenvalue weighted by molar-refractivity contribution is 0.0818. The average Bonchev–Trinajstić information content (AvgIpc) is 2.86. The van der Waals surface area contributed by atoms with Crippen LogP contribution in [0, 0.1) is 0 Å². The van der Waals surface area contributed by atoms with Crippen LogP contribution < -0.4 is 0 Å². The van der Waals surface area contributed by atoms with E-state index in [1.807, 2.05) is 39.0 Å².